The van der Waals surface area contributed by atoms with Crippen LogP contribution < -0.4 is 5.73 Å². The highest BCUT2D eigenvalue weighted by molar-refractivity contribution is 7.99. The molecule has 3 N–H and O–H groups in total. The molecule has 5 heteroatoms. The van der Waals surface area contributed by atoms with E-state index in [-0.39, 0.29) is 17.9 Å². The van der Waals surface area contributed by atoms with Crippen LogP contribution in [0.5, 0.6) is 0 Å². The number of nitrogens with two attached hydrogens (primary N) is 1. The van der Waals surface area contributed by atoms with Crippen molar-refractivity contribution >= 4 is 17.5 Å². The third-order valence-electron chi connectivity index (χ3n) is 6.07. The number of rotatable bonds is 7. The first kappa shape index (κ1) is 19.9. The third-order valence-corrected chi connectivity index (χ3v) is 7.23. The van der Waals surface area contributed by atoms with Crippen molar-refractivity contribution in [3.8, 4) is 0 Å². The minimum atomic E-state index is -0.604. The number of nitrogens with zero attached hydrogens (tertiary/aromatic N) is 1. The van der Waals surface area contributed by atoms with Gasteiger partial charge in [0.05, 0.1) is 12.1 Å². The highest BCUT2D eigenvalue weighted by atomic mass is 32.2. The summed E-state index contributed by atoms with van der Waals surface area (Å²) in [5.41, 5.74) is 6.25. The van der Waals surface area contributed by atoms with Crippen molar-refractivity contribution < 1.29 is 9.90 Å². The maximum Gasteiger partial charge on any atom is 0.146 e. The van der Waals surface area contributed by atoms with E-state index in [0.29, 0.717) is 24.1 Å². The Balaban J connectivity index is 1.55. The molecule has 1 aromatic carbocycles. The summed E-state index contributed by atoms with van der Waals surface area (Å²) in [6.07, 6.45) is 5.48. The lowest BCUT2D eigenvalue weighted by molar-refractivity contribution is -0.126. The molecule has 0 radical (unpaired) electrons. The lowest BCUT2D eigenvalue weighted by Gasteiger charge is -2.46. The van der Waals surface area contributed by atoms with Gasteiger partial charge in [0.1, 0.15) is 5.78 Å². The van der Waals surface area contributed by atoms with Gasteiger partial charge < -0.3 is 10.8 Å². The summed E-state index contributed by atoms with van der Waals surface area (Å²) in [6, 6.07) is 9.80. The number of fused-ring (bicyclic) bond motifs is 1. The fourth-order valence-electron chi connectivity index (χ4n) is 4.52. The van der Waals surface area contributed by atoms with Gasteiger partial charge in [-0.05, 0) is 43.7 Å². The van der Waals surface area contributed by atoms with Crippen molar-refractivity contribution in [3.05, 3.63) is 30.3 Å². The third kappa shape index (κ3) is 5.10. The van der Waals surface area contributed by atoms with Crippen LogP contribution in [-0.2, 0) is 4.79 Å². The van der Waals surface area contributed by atoms with Gasteiger partial charge in [0.25, 0.3) is 0 Å². The molecule has 3 unspecified atom stereocenters. The van der Waals surface area contributed by atoms with Crippen LogP contribution in [0.15, 0.2) is 35.2 Å². The summed E-state index contributed by atoms with van der Waals surface area (Å²) in [5.74, 6) is 2.28. The number of thioether (sulfide) groups is 1. The van der Waals surface area contributed by atoms with E-state index in [9.17, 15) is 9.90 Å². The summed E-state index contributed by atoms with van der Waals surface area (Å²) >= 11 is 1.67. The number of ketones is 1. The number of hydrogen-bond donors (Lipinski definition) is 2. The van der Waals surface area contributed by atoms with E-state index < -0.39 is 6.10 Å². The fourth-order valence-corrected chi connectivity index (χ4v) is 5.48. The van der Waals surface area contributed by atoms with Crippen LogP contribution >= 0.6 is 11.8 Å². The molecule has 5 atom stereocenters. The van der Waals surface area contributed by atoms with Gasteiger partial charge in [-0.25, -0.2) is 0 Å². The Labute approximate surface area is 161 Å². The van der Waals surface area contributed by atoms with Crippen molar-refractivity contribution in [1.29, 1.82) is 0 Å². The van der Waals surface area contributed by atoms with Crippen LogP contribution in [0, 0.1) is 11.8 Å². The number of benzene rings is 1. The second-order valence-corrected chi connectivity index (χ2v) is 9.07. The zero-order valence-corrected chi connectivity index (χ0v) is 16.5. The number of β-amino-alcohol motifs (C(OH)–C–C–N with tert-alkyl or cyclic N) is 1. The Morgan fingerprint density at radius 1 is 1.27 bits per heavy atom. The molecule has 1 heterocycles. The van der Waals surface area contributed by atoms with Crippen molar-refractivity contribution in [1.82, 2.24) is 4.90 Å². The van der Waals surface area contributed by atoms with Gasteiger partial charge in [-0.1, -0.05) is 37.5 Å². The summed E-state index contributed by atoms with van der Waals surface area (Å²) in [4.78, 5) is 15.6. The van der Waals surface area contributed by atoms with Crippen molar-refractivity contribution in [2.45, 2.75) is 62.1 Å². The van der Waals surface area contributed by atoms with Crippen LogP contribution in [0.4, 0.5) is 0 Å². The Bertz CT molecular complexity index is 583. The fraction of sp³-hybridized carbons (Fsp3) is 0.667. The van der Waals surface area contributed by atoms with Gasteiger partial charge in [0, 0.05) is 29.8 Å². The van der Waals surface area contributed by atoms with Crippen molar-refractivity contribution in [3.63, 3.8) is 0 Å². The summed E-state index contributed by atoms with van der Waals surface area (Å²) in [5, 5.41) is 10.7. The van der Waals surface area contributed by atoms with Crippen molar-refractivity contribution in [2.24, 2.45) is 17.6 Å². The van der Waals surface area contributed by atoms with E-state index in [1.54, 1.807) is 18.7 Å². The standard InChI is InChI=1S/C21H32N2O2S/c1-15(24)20-11-16-7-5-6-8-17(16)12-23(20)13-21(25)19(22)14-26-18-9-3-2-4-10-18/h2-4,9-10,16-17,19-21,25H,5-8,11-14,22H2,1H3/t16?,17?,19-,20-,21?/m0/s1. The predicted octanol–water partition coefficient (Wildman–Crippen LogP) is 2.94. The number of carbonyl (C=O) groups excluding carboxylic acids is 1. The molecule has 0 bridgehead atoms. The number of aliphatic hydroxyl groups excluding tert-OH is 1. The largest absolute Gasteiger partial charge is 0.390 e. The second kappa shape index (κ2) is 9.36. The number of likely N-dealkylation sites (tertiary alicyclic amines) is 1. The molecule has 144 valence electrons. The number of piperidine rings is 1. The first-order valence-electron chi connectivity index (χ1n) is 9.90. The summed E-state index contributed by atoms with van der Waals surface area (Å²) < 4.78 is 0. The minimum absolute atomic E-state index is 0.0435. The zero-order valence-electron chi connectivity index (χ0n) is 15.7. The SMILES string of the molecule is CC(=O)[C@@H]1CC2CCCCC2CN1CC(O)[C@@H](N)CSc1ccccc1. The molecule has 1 saturated heterocycles. The second-order valence-electron chi connectivity index (χ2n) is 7.98. The van der Waals surface area contributed by atoms with E-state index in [0.717, 1.165) is 13.0 Å². The number of carbonyl (C=O) groups is 1. The molecule has 0 amide bonds. The molecule has 2 fully saturated rings. The number of aliphatic hydroxyl groups is 1. The molecular weight excluding hydrogens is 344 g/mol. The summed E-state index contributed by atoms with van der Waals surface area (Å²) in [6.45, 7) is 3.13. The van der Waals surface area contributed by atoms with E-state index in [2.05, 4.69) is 17.0 Å². The molecule has 1 saturated carbocycles. The van der Waals surface area contributed by atoms with E-state index >= 15 is 0 Å². The van der Waals surface area contributed by atoms with E-state index in [1.807, 2.05) is 18.2 Å². The van der Waals surface area contributed by atoms with E-state index in [1.165, 1.54) is 30.6 Å². The molecule has 1 aliphatic heterocycles. The molecule has 0 aromatic heterocycles. The van der Waals surface area contributed by atoms with Gasteiger partial charge >= 0.3 is 0 Å². The first-order valence-corrected chi connectivity index (χ1v) is 10.9. The Morgan fingerprint density at radius 2 is 1.96 bits per heavy atom. The highest BCUT2D eigenvalue weighted by Crippen LogP contribution is 2.38. The Morgan fingerprint density at radius 3 is 2.65 bits per heavy atom. The van der Waals surface area contributed by atoms with Crippen LogP contribution in [0.25, 0.3) is 0 Å². The van der Waals surface area contributed by atoms with Crippen LogP contribution in [-0.4, -0.2) is 52.8 Å². The molecule has 3 rings (SSSR count). The average molecular weight is 377 g/mol. The predicted molar refractivity (Wildman–Crippen MR) is 107 cm³/mol. The molecular formula is C21H32N2O2S. The number of Topliss-reactive ketones (excluding diaryl/α,β-unsaturated/α-hetero) is 1. The van der Waals surface area contributed by atoms with Gasteiger partial charge in [-0.15, -0.1) is 11.8 Å². The lowest BCUT2D eigenvalue weighted by atomic mass is 9.72. The van der Waals surface area contributed by atoms with Gasteiger partial charge in [-0.2, -0.15) is 0 Å². The highest BCUT2D eigenvalue weighted by Gasteiger charge is 2.39. The van der Waals surface area contributed by atoms with Gasteiger partial charge in [-0.3, -0.25) is 9.69 Å². The van der Waals surface area contributed by atoms with Crippen molar-refractivity contribution in [2.75, 3.05) is 18.8 Å². The lowest BCUT2D eigenvalue weighted by Crippen LogP contribution is -2.55. The monoisotopic (exact) mass is 376 g/mol. The molecule has 26 heavy (non-hydrogen) atoms. The normalized spacial score (nSPS) is 29.0. The summed E-state index contributed by atoms with van der Waals surface area (Å²) in [7, 11) is 0. The van der Waals surface area contributed by atoms with Crippen LogP contribution in [0.2, 0.25) is 0 Å². The van der Waals surface area contributed by atoms with E-state index in [4.69, 9.17) is 5.73 Å². The average Bonchev–Trinajstić information content (AvgIpc) is 2.66. The van der Waals surface area contributed by atoms with Gasteiger partial charge in [0.15, 0.2) is 0 Å². The topological polar surface area (TPSA) is 66.6 Å². The maximum atomic E-state index is 12.2. The van der Waals surface area contributed by atoms with Crippen LogP contribution in [0.1, 0.15) is 39.0 Å². The van der Waals surface area contributed by atoms with Gasteiger partial charge in [0.2, 0.25) is 0 Å². The molecule has 1 aromatic rings. The molecule has 1 aliphatic carbocycles. The Hall–Kier alpha value is -0.880. The minimum Gasteiger partial charge on any atom is -0.390 e. The molecule has 2 aliphatic rings. The van der Waals surface area contributed by atoms with Crippen LogP contribution in [0.3, 0.4) is 0 Å². The molecule has 4 nitrogen and oxygen atoms in total. The first-order chi connectivity index (χ1) is 12.5. The Kier molecular flexibility index (Phi) is 7.15. The maximum absolute atomic E-state index is 12.2. The molecule has 0 spiro atoms. The smallest absolute Gasteiger partial charge is 0.146 e. The quantitative estimate of drug-likeness (QED) is 0.716. The number of hydrogen-bond acceptors (Lipinski definition) is 5. The zero-order chi connectivity index (χ0) is 18.5.